The van der Waals surface area contributed by atoms with Crippen molar-refractivity contribution >= 4 is 20.0 Å². The highest BCUT2D eigenvalue weighted by Gasteiger charge is 2.17. The van der Waals surface area contributed by atoms with Gasteiger partial charge in [0.05, 0.1) is 0 Å². The molecule has 4 heteroatoms. The van der Waals surface area contributed by atoms with E-state index in [0.717, 1.165) is 12.5 Å². The van der Waals surface area contributed by atoms with Gasteiger partial charge in [-0.05, 0) is 6.04 Å². The molecule has 2 nitrogen and oxygen atoms in total. The molecule has 0 aromatic carbocycles. The van der Waals surface area contributed by atoms with Crippen LogP contribution in [-0.2, 0) is 9.47 Å². The minimum atomic E-state index is -0.731. The minimum absolute atomic E-state index is 0.0618. The third-order valence-corrected chi connectivity index (χ3v) is 4.54. The Kier molecular flexibility index (Phi) is 6.52. The van der Waals surface area contributed by atoms with Crippen molar-refractivity contribution in [2.45, 2.75) is 25.3 Å². The van der Waals surface area contributed by atoms with Gasteiger partial charge in [-0.2, -0.15) is 12.1 Å². The van der Waals surface area contributed by atoms with Gasteiger partial charge >= 0.3 is 0 Å². The summed E-state index contributed by atoms with van der Waals surface area (Å²) in [6.45, 7) is 2.14. The SMILES string of the molecule is CCC[Si](S)C(OC)OC. The van der Waals surface area contributed by atoms with Crippen LogP contribution in [0.4, 0.5) is 0 Å². The summed E-state index contributed by atoms with van der Waals surface area (Å²) < 4.78 is 10.1. The Balaban J connectivity index is 3.53. The molecule has 1 radical (unpaired) electrons. The van der Waals surface area contributed by atoms with Crippen molar-refractivity contribution in [3.63, 3.8) is 0 Å². The molecule has 0 aliphatic heterocycles. The van der Waals surface area contributed by atoms with Crippen LogP contribution in [0.1, 0.15) is 13.3 Å². The van der Waals surface area contributed by atoms with Crippen molar-refractivity contribution in [1.82, 2.24) is 0 Å². The van der Waals surface area contributed by atoms with Crippen LogP contribution in [0.25, 0.3) is 0 Å². The highest BCUT2D eigenvalue weighted by atomic mass is 32.3. The zero-order chi connectivity index (χ0) is 7.98. The van der Waals surface area contributed by atoms with Gasteiger partial charge < -0.3 is 9.47 Å². The second-order valence-corrected chi connectivity index (χ2v) is 5.72. The Hall–Kier alpha value is 0.487. The van der Waals surface area contributed by atoms with Crippen LogP contribution in [0.5, 0.6) is 0 Å². The van der Waals surface area contributed by atoms with Crippen LogP contribution in [0.15, 0.2) is 0 Å². The molecular formula is C6H15O2SSi. The molecule has 0 rings (SSSR count). The van der Waals surface area contributed by atoms with E-state index >= 15 is 0 Å². The van der Waals surface area contributed by atoms with Crippen molar-refractivity contribution in [1.29, 1.82) is 0 Å². The van der Waals surface area contributed by atoms with Crippen LogP contribution in [0.3, 0.4) is 0 Å². The zero-order valence-electron chi connectivity index (χ0n) is 6.76. The Labute approximate surface area is 69.6 Å². The first-order valence-electron chi connectivity index (χ1n) is 3.36. The lowest BCUT2D eigenvalue weighted by molar-refractivity contribution is -0.0450. The lowest BCUT2D eigenvalue weighted by Crippen LogP contribution is -2.29. The molecule has 0 atom stereocenters. The van der Waals surface area contributed by atoms with E-state index in [1.165, 1.54) is 0 Å². The van der Waals surface area contributed by atoms with Gasteiger partial charge in [0.2, 0.25) is 0 Å². The van der Waals surface area contributed by atoms with E-state index < -0.39 is 7.95 Å². The first kappa shape index (κ1) is 10.5. The van der Waals surface area contributed by atoms with Crippen LogP contribution < -0.4 is 0 Å². The summed E-state index contributed by atoms with van der Waals surface area (Å²) in [7, 11) is 2.58. The highest BCUT2D eigenvalue weighted by molar-refractivity contribution is 8.10. The number of thiol groups is 1. The van der Waals surface area contributed by atoms with E-state index in [4.69, 9.17) is 9.47 Å². The second-order valence-electron chi connectivity index (χ2n) is 2.04. The Bertz CT molecular complexity index is 78.1. The average Bonchev–Trinajstić information content (AvgIpc) is 1.91. The first-order valence-corrected chi connectivity index (χ1v) is 6.43. The monoisotopic (exact) mass is 179 g/mol. The molecule has 0 aromatic heterocycles. The van der Waals surface area contributed by atoms with E-state index in [0.29, 0.717) is 0 Å². The van der Waals surface area contributed by atoms with Gasteiger partial charge in [-0.15, -0.1) is 0 Å². The maximum Gasteiger partial charge on any atom is 0.186 e. The molecule has 0 saturated carbocycles. The molecule has 10 heavy (non-hydrogen) atoms. The van der Waals surface area contributed by atoms with Gasteiger partial charge in [0.1, 0.15) is 5.91 Å². The lowest BCUT2D eigenvalue weighted by atomic mass is 10.6. The Morgan fingerprint density at radius 3 is 2.20 bits per heavy atom. The van der Waals surface area contributed by atoms with Gasteiger partial charge in [-0.25, -0.2) is 0 Å². The normalized spacial score (nSPS) is 11.4. The molecule has 0 heterocycles. The van der Waals surface area contributed by atoms with Gasteiger partial charge in [0.25, 0.3) is 0 Å². The fourth-order valence-electron chi connectivity index (χ4n) is 0.742. The molecule has 0 N–H and O–H groups in total. The van der Waals surface area contributed by atoms with Crippen LogP contribution >= 0.6 is 12.1 Å². The van der Waals surface area contributed by atoms with Crippen molar-refractivity contribution in [3.8, 4) is 0 Å². The summed E-state index contributed by atoms with van der Waals surface area (Å²) in [4.78, 5) is 0. The van der Waals surface area contributed by atoms with Crippen molar-refractivity contribution in [3.05, 3.63) is 0 Å². The fourth-order valence-corrected chi connectivity index (χ4v) is 3.34. The van der Waals surface area contributed by atoms with Crippen molar-refractivity contribution in [2.24, 2.45) is 0 Å². The van der Waals surface area contributed by atoms with Crippen LogP contribution in [0, 0.1) is 0 Å². The number of hydrogen-bond donors (Lipinski definition) is 1. The number of ether oxygens (including phenoxy) is 2. The smallest absolute Gasteiger partial charge is 0.186 e. The fraction of sp³-hybridized carbons (Fsp3) is 1.00. The largest absolute Gasteiger partial charge is 0.359 e. The molecule has 0 saturated heterocycles. The number of methoxy groups -OCH3 is 2. The molecule has 0 spiro atoms. The molecule has 0 fully saturated rings. The average molecular weight is 179 g/mol. The minimum Gasteiger partial charge on any atom is -0.359 e. The molecule has 0 aromatic rings. The molecule has 0 aliphatic rings. The van der Waals surface area contributed by atoms with Crippen molar-refractivity contribution < 1.29 is 9.47 Å². The summed E-state index contributed by atoms with van der Waals surface area (Å²) in [6, 6.07) is 1.13. The molecular weight excluding hydrogens is 164 g/mol. The Morgan fingerprint density at radius 1 is 1.40 bits per heavy atom. The van der Waals surface area contributed by atoms with E-state index in [1.807, 2.05) is 0 Å². The van der Waals surface area contributed by atoms with Gasteiger partial charge in [0, 0.05) is 14.2 Å². The maximum absolute atomic E-state index is 5.06. The van der Waals surface area contributed by atoms with E-state index in [2.05, 4.69) is 19.0 Å². The van der Waals surface area contributed by atoms with Crippen LogP contribution in [-0.4, -0.2) is 28.1 Å². The van der Waals surface area contributed by atoms with E-state index in [9.17, 15) is 0 Å². The summed E-state index contributed by atoms with van der Waals surface area (Å²) >= 11 is 4.42. The summed E-state index contributed by atoms with van der Waals surface area (Å²) in [5.74, 6) is -0.0618. The third kappa shape index (κ3) is 3.61. The van der Waals surface area contributed by atoms with Gasteiger partial charge in [-0.1, -0.05) is 13.3 Å². The summed E-state index contributed by atoms with van der Waals surface area (Å²) in [5, 5.41) is 0. The third-order valence-electron chi connectivity index (χ3n) is 1.21. The molecule has 0 aliphatic carbocycles. The molecule has 0 bridgehead atoms. The van der Waals surface area contributed by atoms with Gasteiger partial charge in [-0.3, -0.25) is 0 Å². The summed E-state index contributed by atoms with van der Waals surface area (Å²) in [6.07, 6.45) is 1.15. The summed E-state index contributed by atoms with van der Waals surface area (Å²) in [5.41, 5.74) is 0. The van der Waals surface area contributed by atoms with E-state index in [1.54, 1.807) is 14.2 Å². The van der Waals surface area contributed by atoms with Crippen LogP contribution in [0.2, 0.25) is 6.04 Å². The lowest BCUT2D eigenvalue weighted by Gasteiger charge is -2.17. The number of rotatable bonds is 5. The second kappa shape index (κ2) is 6.21. The molecule has 61 valence electrons. The van der Waals surface area contributed by atoms with Crippen molar-refractivity contribution in [2.75, 3.05) is 14.2 Å². The maximum atomic E-state index is 5.06. The topological polar surface area (TPSA) is 18.5 Å². The quantitative estimate of drug-likeness (QED) is 0.391. The zero-order valence-corrected chi connectivity index (χ0v) is 8.65. The predicted octanol–water partition coefficient (Wildman–Crippen LogP) is 1.48. The van der Waals surface area contributed by atoms with E-state index in [-0.39, 0.29) is 5.91 Å². The molecule has 0 unspecified atom stereocenters. The molecule has 0 amide bonds. The van der Waals surface area contributed by atoms with Gasteiger partial charge in [0.15, 0.2) is 7.95 Å². The highest BCUT2D eigenvalue weighted by Crippen LogP contribution is 2.08. The number of hydrogen-bond acceptors (Lipinski definition) is 3. The Morgan fingerprint density at radius 2 is 1.90 bits per heavy atom. The predicted molar refractivity (Wildman–Crippen MR) is 47.6 cm³/mol. The standard InChI is InChI=1S/C6H15O2SSi/c1-4-5-10(9)6(7-2)8-3/h6,9H,4-5H2,1-3H3. The first-order chi connectivity index (χ1) is 4.76.